The molecular weight excluding hydrogens is 198 g/mol. The van der Waals surface area contributed by atoms with Crippen molar-refractivity contribution in [2.24, 2.45) is 11.3 Å². The van der Waals surface area contributed by atoms with Crippen LogP contribution >= 0.6 is 0 Å². The highest BCUT2D eigenvalue weighted by atomic mass is 16.3. The lowest BCUT2D eigenvalue weighted by molar-refractivity contribution is 0.106. The van der Waals surface area contributed by atoms with Gasteiger partial charge in [0.15, 0.2) is 0 Å². The maximum atomic E-state index is 9.04. The summed E-state index contributed by atoms with van der Waals surface area (Å²) in [5, 5.41) is 12.5. The standard InChI is InChI=1S/C14H21NO/c1-14(2)7-12(8-14)9-15-13-5-3-4-11(6-13)10-16/h3-6,12,15-16H,7-10H2,1-2H3. The highest BCUT2D eigenvalue weighted by Crippen LogP contribution is 2.44. The average Bonchev–Trinajstić information content (AvgIpc) is 2.23. The van der Waals surface area contributed by atoms with Crippen molar-refractivity contribution in [2.45, 2.75) is 33.3 Å². The zero-order chi connectivity index (χ0) is 11.6. The van der Waals surface area contributed by atoms with Crippen LogP contribution in [0.1, 0.15) is 32.3 Å². The second-order valence-electron chi connectivity index (χ2n) is 5.68. The summed E-state index contributed by atoms with van der Waals surface area (Å²) >= 11 is 0. The minimum Gasteiger partial charge on any atom is -0.392 e. The largest absolute Gasteiger partial charge is 0.392 e. The summed E-state index contributed by atoms with van der Waals surface area (Å²) in [6, 6.07) is 8.00. The Morgan fingerprint density at radius 1 is 1.38 bits per heavy atom. The zero-order valence-corrected chi connectivity index (χ0v) is 10.2. The van der Waals surface area contributed by atoms with E-state index in [-0.39, 0.29) is 6.61 Å². The summed E-state index contributed by atoms with van der Waals surface area (Å²) in [5.41, 5.74) is 2.65. The van der Waals surface area contributed by atoms with Gasteiger partial charge < -0.3 is 10.4 Å². The molecule has 0 spiro atoms. The van der Waals surface area contributed by atoms with Crippen LogP contribution in [0, 0.1) is 11.3 Å². The van der Waals surface area contributed by atoms with Crippen LogP contribution in [-0.4, -0.2) is 11.7 Å². The van der Waals surface area contributed by atoms with Gasteiger partial charge in [-0.2, -0.15) is 0 Å². The molecule has 16 heavy (non-hydrogen) atoms. The number of aliphatic hydroxyl groups is 1. The van der Waals surface area contributed by atoms with Gasteiger partial charge in [0.2, 0.25) is 0 Å². The molecule has 0 unspecified atom stereocenters. The van der Waals surface area contributed by atoms with Gasteiger partial charge in [-0.1, -0.05) is 26.0 Å². The third-order valence-electron chi connectivity index (χ3n) is 3.39. The fourth-order valence-electron chi connectivity index (χ4n) is 2.69. The Labute approximate surface area is 97.7 Å². The van der Waals surface area contributed by atoms with E-state index >= 15 is 0 Å². The highest BCUT2D eigenvalue weighted by molar-refractivity contribution is 5.45. The van der Waals surface area contributed by atoms with Gasteiger partial charge in [0.25, 0.3) is 0 Å². The molecule has 0 aromatic heterocycles. The molecule has 2 N–H and O–H groups in total. The van der Waals surface area contributed by atoms with Gasteiger partial charge in [0.1, 0.15) is 0 Å². The SMILES string of the molecule is CC1(C)CC(CNc2cccc(CO)c2)C1. The smallest absolute Gasteiger partial charge is 0.0682 e. The maximum Gasteiger partial charge on any atom is 0.0682 e. The van der Waals surface area contributed by atoms with Crippen LogP contribution in [0.3, 0.4) is 0 Å². The molecule has 0 heterocycles. The van der Waals surface area contributed by atoms with E-state index in [9.17, 15) is 0 Å². The Kier molecular flexibility index (Phi) is 3.20. The number of nitrogens with one attached hydrogen (secondary N) is 1. The Morgan fingerprint density at radius 2 is 2.12 bits per heavy atom. The second-order valence-corrected chi connectivity index (χ2v) is 5.68. The van der Waals surface area contributed by atoms with E-state index in [0.29, 0.717) is 5.41 Å². The van der Waals surface area contributed by atoms with Gasteiger partial charge in [-0.3, -0.25) is 0 Å². The van der Waals surface area contributed by atoms with Gasteiger partial charge in [-0.15, -0.1) is 0 Å². The molecule has 0 saturated heterocycles. The number of hydrogen-bond acceptors (Lipinski definition) is 2. The molecule has 0 aliphatic heterocycles. The molecule has 88 valence electrons. The number of rotatable bonds is 4. The molecular formula is C14H21NO. The number of anilines is 1. The Bertz CT molecular complexity index is 352. The van der Waals surface area contributed by atoms with Crippen molar-refractivity contribution in [3.8, 4) is 0 Å². The van der Waals surface area contributed by atoms with Crippen molar-refractivity contribution in [3.63, 3.8) is 0 Å². The van der Waals surface area contributed by atoms with Crippen LogP contribution in [0.25, 0.3) is 0 Å². The summed E-state index contributed by atoms with van der Waals surface area (Å²) in [6.45, 7) is 5.83. The lowest BCUT2D eigenvalue weighted by Gasteiger charge is -2.42. The fourth-order valence-corrected chi connectivity index (χ4v) is 2.69. The average molecular weight is 219 g/mol. The summed E-state index contributed by atoms with van der Waals surface area (Å²) < 4.78 is 0. The van der Waals surface area contributed by atoms with Gasteiger partial charge in [0, 0.05) is 12.2 Å². The lowest BCUT2D eigenvalue weighted by atomic mass is 9.64. The maximum absolute atomic E-state index is 9.04. The number of hydrogen-bond donors (Lipinski definition) is 2. The summed E-state index contributed by atoms with van der Waals surface area (Å²) in [5.74, 6) is 0.813. The lowest BCUT2D eigenvalue weighted by Crippen LogP contribution is -2.35. The molecule has 2 nitrogen and oxygen atoms in total. The van der Waals surface area contributed by atoms with Gasteiger partial charge in [-0.25, -0.2) is 0 Å². The van der Waals surface area contributed by atoms with E-state index < -0.39 is 0 Å². The predicted molar refractivity (Wildman–Crippen MR) is 67.4 cm³/mol. The third-order valence-corrected chi connectivity index (χ3v) is 3.39. The van der Waals surface area contributed by atoms with Crippen molar-refractivity contribution >= 4 is 5.69 Å². The molecule has 1 aromatic rings. The van der Waals surface area contributed by atoms with Crippen LogP contribution < -0.4 is 5.32 Å². The predicted octanol–water partition coefficient (Wildman–Crippen LogP) is 3.03. The van der Waals surface area contributed by atoms with E-state index in [1.165, 1.54) is 12.8 Å². The topological polar surface area (TPSA) is 32.3 Å². The first-order valence-electron chi connectivity index (χ1n) is 6.03. The third kappa shape index (κ3) is 2.76. The first-order valence-corrected chi connectivity index (χ1v) is 6.03. The van der Waals surface area contributed by atoms with Crippen LogP contribution in [0.5, 0.6) is 0 Å². The van der Waals surface area contributed by atoms with Crippen LogP contribution in [0.2, 0.25) is 0 Å². The van der Waals surface area contributed by atoms with Crippen molar-refractivity contribution < 1.29 is 5.11 Å². The van der Waals surface area contributed by atoms with E-state index in [0.717, 1.165) is 23.7 Å². The zero-order valence-electron chi connectivity index (χ0n) is 10.2. The Morgan fingerprint density at radius 3 is 2.75 bits per heavy atom. The molecule has 0 bridgehead atoms. The molecule has 2 heteroatoms. The van der Waals surface area contributed by atoms with Crippen molar-refractivity contribution in [1.82, 2.24) is 0 Å². The fraction of sp³-hybridized carbons (Fsp3) is 0.571. The van der Waals surface area contributed by atoms with Crippen LogP contribution in [-0.2, 0) is 6.61 Å². The molecule has 1 saturated carbocycles. The molecule has 1 aliphatic rings. The summed E-state index contributed by atoms with van der Waals surface area (Å²) in [4.78, 5) is 0. The monoisotopic (exact) mass is 219 g/mol. The summed E-state index contributed by atoms with van der Waals surface area (Å²) in [6.07, 6.45) is 2.64. The minimum atomic E-state index is 0.117. The normalized spacial score (nSPS) is 19.2. The van der Waals surface area contributed by atoms with Gasteiger partial charge in [-0.05, 0) is 41.9 Å². The molecule has 1 aromatic carbocycles. The van der Waals surface area contributed by atoms with Crippen LogP contribution in [0.15, 0.2) is 24.3 Å². The van der Waals surface area contributed by atoms with E-state index in [4.69, 9.17) is 5.11 Å². The van der Waals surface area contributed by atoms with Crippen molar-refractivity contribution in [3.05, 3.63) is 29.8 Å². The molecule has 0 amide bonds. The second kappa shape index (κ2) is 4.46. The van der Waals surface area contributed by atoms with Gasteiger partial charge in [0.05, 0.1) is 6.61 Å². The number of aliphatic hydroxyl groups excluding tert-OH is 1. The molecule has 1 fully saturated rings. The molecule has 1 aliphatic carbocycles. The van der Waals surface area contributed by atoms with E-state index in [1.54, 1.807) is 0 Å². The Hall–Kier alpha value is -1.02. The number of benzene rings is 1. The van der Waals surface area contributed by atoms with Gasteiger partial charge >= 0.3 is 0 Å². The van der Waals surface area contributed by atoms with E-state index in [2.05, 4.69) is 25.2 Å². The first-order chi connectivity index (χ1) is 7.59. The molecule has 0 radical (unpaired) electrons. The minimum absolute atomic E-state index is 0.117. The first kappa shape index (κ1) is 11.5. The quantitative estimate of drug-likeness (QED) is 0.816. The van der Waals surface area contributed by atoms with Crippen molar-refractivity contribution in [1.29, 1.82) is 0 Å². The highest BCUT2D eigenvalue weighted by Gasteiger charge is 2.35. The summed E-state index contributed by atoms with van der Waals surface area (Å²) in [7, 11) is 0. The van der Waals surface area contributed by atoms with E-state index in [1.807, 2.05) is 18.2 Å². The molecule has 2 rings (SSSR count). The van der Waals surface area contributed by atoms with Crippen molar-refractivity contribution in [2.75, 3.05) is 11.9 Å². The Balaban J connectivity index is 1.81. The van der Waals surface area contributed by atoms with Crippen LogP contribution in [0.4, 0.5) is 5.69 Å². The molecule has 0 atom stereocenters.